The molecule has 0 amide bonds. The smallest absolute Gasteiger partial charge is 0.0488 e. The zero-order valence-electron chi connectivity index (χ0n) is 9.03. The van der Waals surface area contributed by atoms with E-state index in [4.69, 9.17) is 5.73 Å². The highest BCUT2D eigenvalue weighted by Gasteiger charge is 2.22. The molecule has 1 aliphatic heterocycles. The molecule has 3 rings (SSSR count). The summed E-state index contributed by atoms with van der Waals surface area (Å²) in [6.45, 7) is 2.90. The van der Waals surface area contributed by atoms with Crippen LogP contribution in [0.2, 0.25) is 0 Å². The van der Waals surface area contributed by atoms with Crippen LogP contribution in [0.25, 0.3) is 10.9 Å². The van der Waals surface area contributed by atoms with Gasteiger partial charge in [-0.15, -0.1) is 0 Å². The van der Waals surface area contributed by atoms with Gasteiger partial charge in [-0.25, -0.2) is 0 Å². The first kappa shape index (κ1) is 8.98. The zero-order valence-corrected chi connectivity index (χ0v) is 9.03. The fourth-order valence-corrected chi connectivity index (χ4v) is 2.68. The topological polar surface area (TPSA) is 30.9 Å². The predicted molar refractivity (Wildman–Crippen MR) is 63.1 cm³/mol. The first-order chi connectivity index (χ1) is 7.29. The molecule has 2 heterocycles. The maximum atomic E-state index is 5.82. The van der Waals surface area contributed by atoms with Crippen molar-refractivity contribution in [2.45, 2.75) is 25.8 Å². The van der Waals surface area contributed by atoms with Gasteiger partial charge < -0.3 is 10.3 Å². The van der Waals surface area contributed by atoms with Crippen molar-refractivity contribution in [3.8, 4) is 0 Å². The molecular weight excluding hydrogens is 184 g/mol. The lowest BCUT2D eigenvalue weighted by Crippen LogP contribution is -2.15. The van der Waals surface area contributed by atoms with E-state index < -0.39 is 0 Å². The van der Waals surface area contributed by atoms with Gasteiger partial charge in [-0.1, -0.05) is 12.1 Å². The quantitative estimate of drug-likeness (QED) is 0.753. The van der Waals surface area contributed by atoms with Crippen LogP contribution < -0.4 is 5.73 Å². The maximum Gasteiger partial charge on any atom is 0.0488 e. The van der Waals surface area contributed by atoms with Crippen molar-refractivity contribution in [1.82, 2.24) is 4.57 Å². The van der Waals surface area contributed by atoms with Crippen LogP contribution >= 0.6 is 0 Å². The van der Waals surface area contributed by atoms with Gasteiger partial charge in [0, 0.05) is 23.8 Å². The molecule has 78 valence electrons. The van der Waals surface area contributed by atoms with E-state index >= 15 is 0 Å². The zero-order chi connectivity index (χ0) is 10.4. The first-order valence-corrected chi connectivity index (χ1v) is 5.60. The third-order valence-corrected chi connectivity index (χ3v) is 3.45. The summed E-state index contributed by atoms with van der Waals surface area (Å²) in [5.41, 5.74) is 9.95. The molecule has 15 heavy (non-hydrogen) atoms. The van der Waals surface area contributed by atoms with E-state index in [0.717, 1.165) is 6.54 Å². The van der Waals surface area contributed by atoms with Gasteiger partial charge in [-0.2, -0.15) is 0 Å². The molecule has 0 aliphatic carbocycles. The van der Waals surface area contributed by atoms with Crippen LogP contribution in [0.15, 0.2) is 24.3 Å². The molecule has 1 aromatic heterocycles. The lowest BCUT2D eigenvalue weighted by atomic mass is 10.1. The summed E-state index contributed by atoms with van der Waals surface area (Å²) >= 11 is 0. The largest absolute Gasteiger partial charge is 0.340 e. The highest BCUT2D eigenvalue weighted by molar-refractivity contribution is 5.82. The molecule has 0 bridgehead atoms. The number of aromatic nitrogens is 1. The lowest BCUT2D eigenvalue weighted by Gasteiger charge is -2.12. The van der Waals surface area contributed by atoms with E-state index in [-0.39, 0.29) is 0 Å². The number of nitrogens with zero attached hydrogens (tertiary/aromatic N) is 1. The Kier molecular flexibility index (Phi) is 1.86. The molecule has 1 unspecified atom stereocenters. The summed E-state index contributed by atoms with van der Waals surface area (Å²) < 4.78 is 2.43. The molecule has 1 atom stereocenters. The van der Waals surface area contributed by atoms with Gasteiger partial charge in [0.05, 0.1) is 0 Å². The predicted octanol–water partition coefficient (Wildman–Crippen LogP) is 2.40. The minimum absolute atomic E-state index is 0.513. The summed E-state index contributed by atoms with van der Waals surface area (Å²) in [6, 6.07) is 9.48. The second kappa shape index (κ2) is 3.11. The number of hydrogen-bond acceptors (Lipinski definition) is 1. The summed E-state index contributed by atoms with van der Waals surface area (Å²) in [6.07, 6.45) is 2.38. The normalized spacial score (nSPS) is 19.7. The summed E-state index contributed by atoms with van der Waals surface area (Å²) in [5, 5.41) is 1.36. The van der Waals surface area contributed by atoms with Crippen LogP contribution in [0, 0.1) is 6.92 Å². The van der Waals surface area contributed by atoms with Crippen LogP contribution in [0.3, 0.4) is 0 Å². The third kappa shape index (κ3) is 1.21. The fraction of sp³-hybridized carbons (Fsp3) is 0.385. The lowest BCUT2D eigenvalue weighted by molar-refractivity contribution is 0.553. The number of nitrogens with two attached hydrogens (primary N) is 1. The van der Waals surface area contributed by atoms with Crippen LogP contribution in [0.5, 0.6) is 0 Å². The van der Waals surface area contributed by atoms with Gasteiger partial charge >= 0.3 is 0 Å². The molecule has 0 saturated carbocycles. The Bertz CT molecular complexity index is 510. The minimum atomic E-state index is 0.513. The van der Waals surface area contributed by atoms with Crippen molar-refractivity contribution in [3.63, 3.8) is 0 Å². The van der Waals surface area contributed by atoms with E-state index in [2.05, 4.69) is 35.8 Å². The molecule has 1 aromatic carbocycles. The maximum absolute atomic E-state index is 5.82. The first-order valence-electron chi connectivity index (χ1n) is 5.60. The Morgan fingerprint density at radius 2 is 2.27 bits per heavy atom. The second-order valence-electron chi connectivity index (χ2n) is 4.50. The van der Waals surface area contributed by atoms with E-state index in [0.29, 0.717) is 6.04 Å². The average molecular weight is 200 g/mol. The number of fused-ring (bicyclic) bond motifs is 3. The Morgan fingerprint density at radius 1 is 1.40 bits per heavy atom. The molecule has 0 fully saturated rings. The van der Waals surface area contributed by atoms with Crippen molar-refractivity contribution < 1.29 is 0 Å². The van der Waals surface area contributed by atoms with Gasteiger partial charge in [0.2, 0.25) is 0 Å². The van der Waals surface area contributed by atoms with E-state index in [1.807, 2.05) is 0 Å². The van der Waals surface area contributed by atoms with Crippen LogP contribution in [-0.4, -0.2) is 11.1 Å². The van der Waals surface area contributed by atoms with Crippen molar-refractivity contribution in [1.29, 1.82) is 0 Å². The van der Waals surface area contributed by atoms with Crippen LogP contribution in [0.4, 0.5) is 0 Å². The molecule has 2 aromatic rings. The van der Waals surface area contributed by atoms with Crippen molar-refractivity contribution >= 4 is 10.9 Å². The van der Waals surface area contributed by atoms with Gasteiger partial charge in [-0.05, 0) is 42.8 Å². The highest BCUT2D eigenvalue weighted by Crippen LogP contribution is 2.32. The van der Waals surface area contributed by atoms with Crippen molar-refractivity contribution in [3.05, 3.63) is 35.5 Å². The minimum Gasteiger partial charge on any atom is -0.340 e. The molecule has 2 N–H and O–H groups in total. The SMILES string of the molecule is Cc1ccc2cc3n(c2c1)C(CN)CC3. The molecule has 0 spiro atoms. The number of aryl methyl sites for hydroxylation is 2. The Labute approximate surface area is 89.7 Å². The average Bonchev–Trinajstić information content (AvgIpc) is 2.76. The summed E-state index contributed by atoms with van der Waals surface area (Å²) in [5.74, 6) is 0. The third-order valence-electron chi connectivity index (χ3n) is 3.45. The summed E-state index contributed by atoms with van der Waals surface area (Å²) in [7, 11) is 0. The molecular formula is C13H16N2. The monoisotopic (exact) mass is 200 g/mol. The molecule has 0 saturated heterocycles. The molecule has 2 heteroatoms. The van der Waals surface area contributed by atoms with Crippen molar-refractivity contribution in [2.75, 3.05) is 6.54 Å². The Morgan fingerprint density at radius 3 is 3.07 bits per heavy atom. The van der Waals surface area contributed by atoms with E-state index in [1.165, 1.54) is 35.0 Å². The molecule has 0 radical (unpaired) electrons. The Hall–Kier alpha value is -1.28. The van der Waals surface area contributed by atoms with Gasteiger partial charge in [0.25, 0.3) is 0 Å². The van der Waals surface area contributed by atoms with Crippen LogP contribution in [0.1, 0.15) is 23.7 Å². The summed E-state index contributed by atoms with van der Waals surface area (Å²) in [4.78, 5) is 0. The second-order valence-corrected chi connectivity index (χ2v) is 4.50. The molecule has 2 nitrogen and oxygen atoms in total. The van der Waals surface area contributed by atoms with E-state index in [9.17, 15) is 0 Å². The fourth-order valence-electron chi connectivity index (χ4n) is 2.68. The van der Waals surface area contributed by atoms with Crippen molar-refractivity contribution in [2.24, 2.45) is 5.73 Å². The van der Waals surface area contributed by atoms with Crippen LogP contribution in [-0.2, 0) is 6.42 Å². The Balaban J connectivity index is 2.29. The number of benzene rings is 1. The molecule has 1 aliphatic rings. The van der Waals surface area contributed by atoms with E-state index in [1.54, 1.807) is 0 Å². The number of hydrogen-bond donors (Lipinski definition) is 1. The van der Waals surface area contributed by atoms with Gasteiger partial charge in [0.1, 0.15) is 0 Å². The van der Waals surface area contributed by atoms with Gasteiger partial charge in [0.15, 0.2) is 0 Å². The van der Waals surface area contributed by atoms with Gasteiger partial charge in [-0.3, -0.25) is 0 Å². The highest BCUT2D eigenvalue weighted by atomic mass is 15.1. The standard InChI is InChI=1S/C13H16N2/c1-9-2-3-10-7-11-4-5-12(8-14)15(11)13(10)6-9/h2-3,6-7,12H,4-5,8,14H2,1H3. The number of rotatable bonds is 1.